The highest BCUT2D eigenvalue weighted by molar-refractivity contribution is 5.79. The summed E-state index contributed by atoms with van der Waals surface area (Å²) in [6, 6.07) is 10.2. The molecule has 1 aromatic carbocycles. The van der Waals surface area contributed by atoms with Gasteiger partial charge in [-0.1, -0.05) is 24.3 Å². The first kappa shape index (κ1) is 18.8. The Kier molecular flexibility index (Phi) is 4.75. The first-order valence-corrected chi connectivity index (χ1v) is 10.2. The van der Waals surface area contributed by atoms with E-state index in [1.54, 1.807) is 6.20 Å². The Morgan fingerprint density at radius 3 is 2.67 bits per heavy atom. The van der Waals surface area contributed by atoms with Gasteiger partial charge in [-0.15, -0.1) is 0 Å². The average molecular weight is 402 g/mol. The van der Waals surface area contributed by atoms with E-state index in [0.717, 1.165) is 35.5 Å². The topological polar surface area (TPSA) is 68.5 Å². The molecular formula is C23H23FN6. The monoisotopic (exact) mass is 402 g/mol. The van der Waals surface area contributed by atoms with E-state index in [0.29, 0.717) is 29.7 Å². The van der Waals surface area contributed by atoms with E-state index < -0.39 is 0 Å². The molecule has 0 aliphatic carbocycles. The highest BCUT2D eigenvalue weighted by Crippen LogP contribution is 2.27. The zero-order chi connectivity index (χ0) is 20.7. The quantitative estimate of drug-likeness (QED) is 0.563. The summed E-state index contributed by atoms with van der Waals surface area (Å²) in [5, 5.41) is 3.42. The van der Waals surface area contributed by atoms with E-state index >= 15 is 0 Å². The first-order valence-electron chi connectivity index (χ1n) is 10.2. The number of benzene rings is 1. The maximum absolute atomic E-state index is 13.9. The van der Waals surface area contributed by atoms with Crippen LogP contribution in [0.15, 0.2) is 42.7 Å². The third kappa shape index (κ3) is 3.45. The molecule has 0 saturated carbocycles. The van der Waals surface area contributed by atoms with Gasteiger partial charge in [0.05, 0.1) is 18.4 Å². The predicted octanol–water partition coefficient (Wildman–Crippen LogP) is 3.77. The molecule has 1 unspecified atom stereocenters. The van der Waals surface area contributed by atoms with Gasteiger partial charge >= 0.3 is 0 Å². The Morgan fingerprint density at radius 1 is 1.10 bits per heavy atom. The Bertz CT molecular complexity index is 1210. The van der Waals surface area contributed by atoms with Gasteiger partial charge in [-0.05, 0) is 49.9 Å². The molecule has 0 radical (unpaired) electrons. The fraction of sp³-hybridized carbons (Fsp3) is 0.304. The second-order valence-electron chi connectivity index (χ2n) is 7.87. The van der Waals surface area contributed by atoms with Gasteiger partial charge in [-0.3, -0.25) is 4.98 Å². The lowest BCUT2D eigenvalue weighted by molar-refractivity contribution is 0.621. The number of aryl methyl sites for hydroxylation is 2. The molecule has 152 valence electrons. The molecule has 30 heavy (non-hydrogen) atoms. The Hall–Kier alpha value is -3.19. The minimum Gasteiger partial charge on any atom is -0.316 e. The van der Waals surface area contributed by atoms with Crippen molar-refractivity contribution in [2.75, 3.05) is 13.1 Å². The van der Waals surface area contributed by atoms with E-state index in [2.05, 4.69) is 44.5 Å². The zero-order valence-corrected chi connectivity index (χ0v) is 17.1. The minimum atomic E-state index is -0.389. The molecule has 1 fully saturated rings. The van der Waals surface area contributed by atoms with Crippen molar-refractivity contribution >= 4 is 11.2 Å². The fourth-order valence-electron chi connectivity index (χ4n) is 4.20. The second kappa shape index (κ2) is 7.57. The van der Waals surface area contributed by atoms with Crippen LogP contribution in [-0.2, 0) is 6.54 Å². The van der Waals surface area contributed by atoms with Gasteiger partial charge in [0, 0.05) is 18.3 Å². The van der Waals surface area contributed by atoms with Crippen molar-refractivity contribution < 1.29 is 4.39 Å². The van der Waals surface area contributed by atoms with Gasteiger partial charge in [0.2, 0.25) is 0 Å². The largest absolute Gasteiger partial charge is 0.316 e. The summed E-state index contributed by atoms with van der Waals surface area (Å²) in [6.45, 7) is 6.50. The maximum Gasteiger partial charge on any atom is 0.164 e. The predicted molar refractivity (Wildman–Crippen MR) is 114 cm³/mol. The van der Waals surface area contributed by atoms with Crippen molar-refractivity contribution in [2.24, 2.45) is 0 Å². The van der Waals surface area contributed by atoms with Crippen molar-refractivity contribution in [3.8, 4) is 11.4 Å². The van der Waals surface area contributed by atoms with Crippen molar-refractivity contribution in [1.82, 2.24) is 29.8 Å². The lowest BCUT2D eigenvalue weighted by Crippen LogP contribution is -2.08. The molecule has 1 atom stereocenters. The molecule has 0 bridgehead atoms. The van der Waals surface area contributed by atoms with Gasteiger partial charge in [-0.2, -0.15) is 0 Å². The van der Waals surface area contributed by atoms with E-state index in [9.17, 15) is 4.39 Å². The van der Waals surface area contributed by atoms with E-state index in [1.165, 1.54) is 24.2 Å². The van der Waals surface area contributed by atoms with Crippen LogP contribution in [0.3, 0.4) is 0 Å². The van der Waals surface area contributed by atoms with Crippen molar-refractivity contribution in [1.29, 1.82) is 0 Å². The molecule has 0 spiro atoms. The number of pyridine rings is 1. The number of imidazole rings is 1. The van der Waals surface area contributed by atoms with E-state index in [-0.39, 0.29) is 5.82 Å². The zero-order valence-electron chi connectivity index (χ0n) is 17.1. The van der Waals surface area contributed by atoms with Crippen LogP contribution in [0, 0.1) is 19.7 Å². The van der Waals surface area contributed by atoms with Crippen LogP contribution in [0.4, 0.5) is 4.39 Å². The fourth-order valence-corrected chi connectivity index (χ4v) is 4.20. The number of hydrogen-bond acceptors (Lipinski definition) is 5. The van der Waals surface area contributed by atoms with Gasteiger partial charge in [-0.25, -0.2) is 19.3 Å². The van der Waals surface area contributed by atoms with E-state index in [4.69, 9.17) is 4.98 Å². The molecule has 4 aromatic rings. The lowest BCUT2D eigenvalue weighted by atomic mass is 9.97. The molecule has 1 aliphatic rings. The molecule has 7 heteroatoms. The molecule has 1 aliphatic heterocycles. The molecule has 0 amide bonds. The van der Waals surface area contributed by atoms with Crippen molar-refractivity contribution in [3.05, 3.63) is 71.2 Å². The molecule has 6 nitrogen and oxygen atoms in total. The van der Waals surface area contributed by atoms with E-state index in [1.807, 2.05) is 18.4 Å². The summed E-state index contributed by atoms with van der Waals surface area (Å²) in [5.41, 5.74) is 5.42. The first-order chi connectivity index (χ1) is 14.6. The Balaban J connectivity index is 1.59. The number of nitrogens with zero attached hydrogens (tertiary/aromatic N) is 5. The summed E-state index contributed by atoms with van der Waals surface area (Å²) < 4.78 is 15.9. The summed E-state index contributed by atoms with van der Waals surface area (Å²) in [6.07, 6.45) is 4.01. The summed E-state index contributed by atoms with van der Waals surface area (Å²) in [4.78, 5) is 17.9. The molecule has 1 saturated heterocycles. The van der Waals surface area contributed by atoms with Crippen LogP contribution in [0.2, 0.25) is 0 Å². The molecule has 5 rings (SSSR count). The van der Waals surface area contributed by atoms with Crippen LogP contribution in [0.1, 0.15) is 35.0 Å². The second-order valence-corrected chi connectivity index (χ2v) is 7.87. The number of rotatable bonds is 4. The van der Waals surface area contributed by atoms with Crippen LogP contribution in [0.25, 0.3) is 22.6 Å². The number of aromatic nitrogens is 5. The van der Waals surface area contributed by atoms with Crippen LogP contribution >= 0.6 is 0 Å². The van der Waals surface area contributed by atoms with Crippen LogP contribution in [0.5, 0.6) is 0 Å². The van der Waals surface area contributed by atoms with Gasteiger partial charge < -0.3 is 9.88 Å². The molecular weight excluding hydrogens is 379 g/mol. The third-order valence-electron chi connectivity index (χ3n) is 5.70. The summed E-state index contributed by atoms with van der Waals surface area (Å²) in [7, 11) is 0. The Labute approximate surface area is 174 Å². The smallest absolute Gasteiger partial charge is 0.164 e. The van der Waals surface area contributed by atoms with Gasteiger partial charge in [0.25, 0.3) is 0 Å². The SMILES string of the molecule is Cc1nc(C)c2nc(-c3cncc(F)c3)n(Cc3ccc(C4CCNC4)cc3)c2n1. The van der Waals surface area contributed by atoms with Crippen LogP contribution < -0.4 is 5.32 Å². The van der Waals surface area contributed by atoms with Gasteiger partial charge in [0.1, 0.15) is 23.0 Å². The third-order valence-corrected chi connectivity index (χ3v) is 5.70. The molecule has 1 N–H and O–H groups in total. The van der Waals surface area contributed by atoms with Crippen molar-refractivity contribution in [2.45, 2.75) is 32.7 Å². The highest BCUT2D eigenvalue weighted by Gasteiger charge is 2.19. The highest BCUT2D eigenvalue weighted by atomic mass is 19.1. The Morgan fingerprint density at radius 2 is 1.93 bits per heavy atom. The van der Waals surface area contributed by atoms with Crippen molar-refractivity contribution in [3.63, 3.8) is 0 Å². The minimum absolute atomic E-state index is 0.389. The maximum atomic E-state index is 13.9. The standard InChI is InChI=1S/C23H23FN6/c1-14-21-23(28-15(2)27-14)30(22(29-21)19-9-20(24)12-26-11-19)13-16-3-5-17(6-4-16)18-7-8-25-10-18/h3-6,9,11-12,18,25H,7-8,10,13H2,1-2H3. The molecule has 3 aromatic heterocycles. The summed E-state index contributed by atoms with van der Waals surface area (Å²) >= 11 is 0. The lowest BCUT2D eigenvalue weighted by Gasteiger charge is -2.12. The number of fused-ring (bicyclic) bond motifs is 1. The van der Waals surface area contributed by atoms with Crippen LogP contribution in [-0.4, -0.2) is 37.6 Å². The van der Waals surface area contributed by atoms with Gasteiger partial charge in [0.15, 0.2) is 5.65 Å². The normalized spacial score (nSPS) is 16.4. The number of hydrogen-bond donors (Lipinski definition) is 1. The average Bonchev–Trinajstić information content (AvgIpc) is 3.38. The number of nitrogens with one attached hydrogen (secondary N) is 1. The number of halogens is 1. The molecule has 4 heterocycles. The summed E-state index contributed by atoms with van der Waals surface area (Å²) in [5.74, 6) is 1.53.